The van der Waals surface area contributed by atoms with Gasteiger partial charge in [0.1, 0.15) is 0 Å². The number of carboxylic acid groups (broad SMARTS) is 1. The molecule has 0 aliphatic carbocycles. The van der Waals surface area contributed by atoms with Crippen LogP contribution >= 0.6 is 0 Å². The molecular formula is C10H19NO3. The minimum absolute atomic E-state index is 0.204. The molecule has 4 nitrogen and oxygen atoms in total. The van der Waals surface area contributed by atoms with E-state index < -0.39 is 5.97 Å². The lowest BCUT2D eigenvalue weighted by molar-refractivity contribution is -0.849. The molecule has 0 fully saturated rings. The fraction of sp³-hybridized carbons (Fsp3) is 0.600. The van der Waals surface area contributed by atoms with Crippen LogP contribution in [0.25, 0.3) is 0 Å². The van der Waals surface area contributed by atoms with E-state index in [2.05, 4.69) is 28.2 Å². The summed E-state index contributed by atoms with van der Waals surface area (Å²) in [5.41, 5.74) is 0.204. The van der Waals surface area contributed by atoms with Gasteiger partial charge in [-0.15, -0.1) is 0 Å². The number of Topliss-reactive ketones (excluding diaryl/α,β-unsaturated/α-hetero) is 1. The quantitative estimate of drug-likeness (QED) is 0.451. The summed E-state index contributed by atoms with van der Waals surface area (Å²) in [5.74, 6) is -1.58. The van der Waals surface area contributed by atoms with Crippen molar-refractivity contribution in [2.45, 2.75) is 13.8 Å². The highest BCUT2D eigenvalue weighted by atomic mass is 16.4. The molecule has 0 bridgehead atoms. The first kappa shape index (κ1) is 15.3. The van der Waals surface area contributed by atoms with Crippen molar-refractivity contribution in [3.8, 4) is 0 Å². The zero-order chi connectivity index (χ0) is 11.9. The Labute approximate surface area is 85.4 Å². The van der Waals surface area contributed by atoms with Crippen molar-refractivity contribution in [1.29, 1.82) is 0 Å². The first-order valence-electron chi connectivity index (χ1n) is 4.23. The maximum absolute atomic E-state index is 10.3. The number of nitrogens with zero attached hydrogens (tertiary/aromatic N) is 1. The van der Waals surface area contributed by atoms with Crippen molar-refractivity contribution in [2.24, 2.45) is 0 Å². The number of ketones is 1. The number of aliphatic carboxylic acids is 1. The van der Waals surface area contributed by atoms with E-state index >= 15 is 0 Å². The van der Waals surface area contributed by atoms with Gasteiger partial charge in [0.05, 0.1) is 34.2 Å². The molecular weight excluding hydrogens is 182 g/mol. The number of rotatable bonds is 2. The first-order valence-corrected chi connectivity index (χ1v) is 4.23. The lowest BCUT2D eigenvalue weighted by atomic mass is 10.2. The van der Waals surface area contributed by atoms with E-state index in [-0.39, 0.29) is 11.4 Å². The van der Waals surface area contributed by atoms with Crippen molar-refractivity contribution in [3.63, 3.8) is 0 Å². The molecule has 0 saturated heterocycles. The monoisotopic (exact) mass is 201 g/mol. The largest absolute Gasteiger partial charge is 0.545 e. The fourth-order valence-electron chi connectivity index (χ4n) is 0.278. The van der Waals surface area contributed by atoms with E-state index in [0.717, 1.165) is 10.6 Å². The predicted octanol–water partition coefficient (Wildman–Crippen LogP) is -0.406. The van der Waals surface area contributed by atoms with Gasteiger partial charge in [-0.25, -0.2) is 0 Å². The van der Waals surface area contributed by atoms with E-state index in [4.69, 9.17) is 0 Å². The third-order valence-electron chi connectivity index (χ3n) is 0.890. The highest BCUT2D eigenvalue weighted by molar-refractivity contribution is 5.97. The summed E-state index contributed by atoms with van der Waals surface area (Å²) in [6, 6.07) is 0. The van der Waals surface area contributed by atoms with Gasteiger partial charge in [0, 0.05) is 0 Å². The number of carbonyl (C=O) groups is 2. The summed E-state index contributed by atoms with van der Waals surface area (Å²) in [4.78, 5) is 20.1. The maximum Gasteiger partial charge on any atom is 0.155 e. The first-order chi connectivity index (χ1) is 6.04. The number of allylic oxidation sites excluding steroid dienone is 1. The summed E-state index contributed by atoms with van der Waals surface area (Å²) < 4.78 is 1.00. The second-order valence-corrected chi connectivity index (χ2v) is 4.39. The van der Waals surface area contributed by atoms with E-state index in [1.54, 1.807) is 0 Å². The topological polar surface area (TPSA) is 57.2 Å². The molecule has 0 rings (SSSR count). The smallest absolute Gasteiger partial charge is 0.155 e. The molecule has 82 valence electrons. The standard InChI is InChI=1S/C6H8O3.C4H12N/c1-4(5(2)7)3-6(8)9;1-5(2,3)4/h3H,1-2H3,(H,8,9);1-4H3/q;+1/p-1/b4-3+;. The molecule has 0 aromatic heterocycles. The van der Waals surface area contributed by atoms with Crippen LogP contribution in [0.5, 0.6) is 0 Å². The molecule has 0 atom stereocenters. The van der Waals surface area contributed by atoms with Gasteiger partial charge in [-0.3, -0.25) is 4.79 Å². The molecule has 0 aromatic rings. The van der Waals surface area contributed by atoms with Crippen LogP contribution in [0.2, 0.25) is 0 Å². The second kappa shape index (κ2) is 6.32. The van der Waals surface area contributed by atoms with Gasteiger partial charge in [0.15, 0.2) is 5.78 Å². The van der Waals surface area contributed by atoms with E-state index in [0.29, 0.717) is 0 Å². The van der Waals surface area contributed by atoms with Crippen LogP contribution in [0.4, 0.5) is 0 Å². The van der Waals surface area contributed by atoms with Gasteiger partial charge in [-0.1, -0.05) is 0 Å². The molecule has 0 unspecified atom stereocenters. The lowest BCUT2D eigenvalue weighted by Crippen LogP contribution is -2.27. The Hall–Kier alpha value is -1.16. The number of carbonyl (C=O) groups excluding carboxylic acids is 2. The molecule has 0 aromatic carbocycles. The summed E-state index contributed by atoms with van der Waals surface area (Å²) >= 11 is 0. The summed E-state index contributed by atoms with van der Waals surface area (Å²) in [6.45, 7) is 2.73. The second-order valence-electron chi connectivity index (χ2n) is 4.39. The van der Waals surface area contributed by atoms with Crippen LogP contribution < -0.4 is 5.11 Å². The number of hydrogen-bond acceptors (Lipinski definition) is 3. The van der Waals surface area contributed by atoms with Crippen LogP contribution in [0.1, 0.15) is 13.8 Å². The van der Waals surface area contributed by atoms with Crippen LogP contribution in [0, 0.1) is 0 Å². The van der Waals surface area contributed by atoms with Crippen LogP contribution in [-0.2, 0) is 9.59 Å². The van der Waals surface area contributed by atoms with E-state index in [1.165, 1.54) is 13.8 Å². The van der Waals surface area contributed by atoms with Crippen molar-refractivity contribution in [1.82, 2.24) is 0 Å². The van der Waals surface area contributed by atoms with Crippen LogP contribution in [0.3, 0.4) is 0 Å². The Morgan fingerprint density at radius 3 is 1.43 bits per heavy atom. The molecule has 0 radical (unpaired) electrons. The van der Waals surface area contributed by atoms with Gasteiger partial charge in [-0.05, 0) is 25.5 Å². The van der Waals surface area contributed by atoms with E-state index in [9.17, 15) is 14.7 Å². The molecule has 0 amide bonds. The zero-order valence-corrected chi connectivity index (χ0v) is 9.75. The number of carboxylic acids is 1. The van der Waals surface area contributed by atoms with Gasteiger partial charge >= 0.3 is 0 Å². The molecule has 0 saturated carbocycles. The van der Waals surface area contributed by atoms with Gasteiger partial charge in [-0.2, -0.15) is 0 Å². The fourth-order valence-corrected chi connectivity index (χ4v) is 0.278. The van der Waals surface area contributed by atoms with Crippen molar-refractivity contribution < 1.29 is 19.2 Å². The molecule has 0 spiro atoms. The summed E-state index contributed by atoms with van der Waals surface area (Å²) in [6.07, 6.45) is 0.780. The van der Waals surface area contributed by atoms with Gasteiger partial charge in [0.25, 0.3) is 0 Å². The zero-order valence-electron chi connectivity index (χ0n) is 9.75. The van der Waals surface area contributed by atoms with Crippen molar-refractivity contribution >= 4 is 11.8 Å². The van der Waals surface area contributed by atoms with Crippen LogP contribution in [-0.4, -0.2) is 44.4 Å². The molecule has 0 N–H and O–H groups in total. The van der Waals surface area contributed by atoms with Gasteiger partial charge < -0.3 is 14.4 Å². The minimum Gasteiger partial charge on any atom is -0.545 e. The predicted molar refractivity (Wildman–Crippen MR) is 53.4 cm³/mol. The normalized spacial score (nSPS) is 11.4. The minimum atomic E-state index is -1.33. The molecule has 4 heteroatoms. The number of hydrogen-bond donors (Lipinski definition) is 0. The average molecular weight is 201 g/mol. The summed E-state index contributed by atoms with van der Waals surface area (Å²) in [7, 11) is 8.50. The highest BCUT2D eigenvalue weighted by Gasteiger charge is 1.92. The Bertz CT molecular complexity index is 230. The maximum atomic E-state index is 10.3. The Balaban J connectivity index is 0. The molecule has 0 heterocycles. The molecule has 0 aliphatic rings. The number of quaternary nitrogens is 1. The Morgan fingerprint density at radius 2 is 1.36 bits per heavy atom. The Morgan fingerprint density at radius 1 is 1.07 bits per heavy atom. The average Bonchev–Trinajstić information content (AvgIpc) is 1.80. The SMILES string of the molecule is CC(=O)/C(C)=C/C(=O)[O-].C[N+](C)(C)C. The highest BCUT2D eigenvalue weighted by Crippen LogP contribution is 1.90. The van der Waals surface area contributed by atoms with Crippen LogP contribution in [0.15, 0.2) is 11.6 Å². The third-order valence-corrected chi connectivity index (χ3v) is 0.890. The lowest BCUT2D eigenvalue weighted by Gasteiger charge is -2.14. The third kappa shape index (κ3) is 22.4. The Kier molecular flexibility index (Phi) is 6.91. The molecule has 0 aliphatic heterocycles. The van der Waals surface area contributed by atoms with Crippen molar-refractivity contribution in [3.05, 3.63) is 11.6 Å². The molecule has 14 heavy (non-hydrogen) atoms. The summed E-state index contributed by atoms with van der Waals surface area (Å²) in [5, 5.41) is 9.77. The van der Waals surface area contributed by atoms with E-state index in [1.807, 2.05) is 0 Å². The van der Waals surface area contributed by atoms with Crippen molar-refractivity contribution in [2.75, 3.05) is 28.2 Å². The van der Waals surface area contributed by atoms with Gasteiger partial charge in [0.2, 0.25) is 0 Å².